The van der Waals surface area contributed by atoms with Crippen LogP contribution in [0.25, 0.3) is 0 Å². The molecule has 2 rings (SSSR count). The van der Waals surface area contributed by atoms with Crippen molar-refractivity contribution in [2.24, 2.45) is 0 Å². The van der Waals surface area contributed by atoms with E-state index in [1.54, 1.807) is 0 Å². The molecule has 0 radical (unpaired) electrons. The van der Waals surface area contributed by atoms with E-state index in [1.165, 1.54) is 0 Å². The monoisotopic (exact) mass is 300 g/mol. The minimum absolute atomic E-state index is 0.0216. The lowest BCUT2D eigenvalue weighted by Crippen LogP contribution is -2.32. The van der Waals surface area contributed by atoms with E-state index >= 15 is 0 Å². The standard InChI is InChI=1S/C8H13IO4/c1-8(2)12-6-5(9)4(3-10)11-7(6)13-8/h4-7,10H,3H2,1-2H3. The Morgan fingerprint density at radius 1 is 1.38 bits per heavy atom. The van der Waals surface area contributed by atoms with E-state index in [0.717, 1.165) is 0 Å². The summed E-state index contributed by atoms with van der Waals surface area (Å²) in [6, 6.07) is 0. The van der Waals surface area contributed by atoms with Gasteiger partial charge < -0.3 is 19.3 Å². The van der Waals surface area contributed by atoms with Gasteiger partial charge in [-0.25, -0.2) is 0 Å². The van der Waals surface area contributed by atoms with Gasteiger partial charge in [-0.15, -0.1) is 0 Å². The lowest BCUT2D eigenvalue weighted by Gasteiger charge is -2.21. The van der Waals surface area contributed by atoms with Crippen LogP contribution in [0.5, 0.6) is 0 Å². The molecule has 4 unspecified atom stereocenters. The van der Waals surface area contributed by atoms with Crippen LogP contribution < -0.4 is 0 Å². The van der Waals surface area contributed by atoms with Gasteiger partial charge in [-0.2, -0.15) is 0 Å². The predicted molar refractivity (Wildman–Crippen MR) is 53.6 cm³/mol. The number of halogens is 1. The summed E-state index contributed by atoms with van der Waals surface area (Å²) >= 11 is 2.24. The van der Waals surface area contributed by atoms with E-state index in [1.807, 2.05) is 13.8 Å². The molecule has 0 aromatic rings. The number of ether oxygens (including phenoxy) is 3. The minimum Gasteiger partial charge on any atom is -0.394 e. The highest BCUT2D eigenvalue weighted by atomic mass is 127. The van der Waals surface area contributed by atoms with E-state index in [4.69, 9.17) is 19.3 Å². The van der Waals surface area contributed by atoms with Crippen LogP contribution >= 0.6 is 22.6 Å². The third-order valence-electron chi connectivity index (χ3n) is 2.25. The number of alkyl halides is 1. The zero-order chi connectivity index (χ0) is 9.64. The lowest BCUT2D eigenvalue weighted by atomic mass is 10.2. The maximum Gasteiger partial charge on any atom is 0.188 e. The molecule has 0 aliphatic carbocycles. The summed E-state index contributed by atoms with van der Waals surface area (Å²) in [7, 11) is 0. The van der Waals surface area contributed by atoms with Crippen LogP contribution in [0, 0.1) is 0 Å². The average Bonchev–Trinajstić information content (AvgIpc) is 2.47. The van der Waals surface area contributed by atoms with Crippen LogP contribution in [0.3, 0.4) is 0 Å². The Bertz CT molecular complexity index is 208. The first-order valence-electron chi connectivity index (χ1n) is 4.29. The van der Waals surface area contributed by atoms with Crippen molar-refractivity contribution in [2.75, 3.05) is 6.61 Å². The predicted octanol–water partition coefficient (Wildman–Crippen LogP) is 0.659. The first kappa shape index (κ1) is 10.1. The molecule has 2 fully saturated rings. The Morgan fingerprint density at radius 3 is 2.62 bits per heavy atom. The summed E-state index contributed by atoms with van der Waals surface area (Å²) in [6.45, 7) is 3.76. The fourth-order valence-corrected chi connectivity index (χ4v) is 2.56. The molecule has 0 saturated carbocycles. The molecule has 1 N–H and O–H groups in total. The second kappa shape index (κ2) is 3.30. The molecule has 2 aliphatic rings. The number of fused-ring (bicyclic) bond motifs is 1. The van der Waals surface area contributed by atoms with Crippen molar-refractivity contribution in [1.82, 2.24) is 0 Å². The van der Waals surface area contributed by atoms with Crippen molar-refractivity contribution >= 4 is 22.6 Å². The van der Waals surface area contributed by atoms with Gasteiger partial charge in [-0.3, -0.25) is 0 Å². The Labute approximate surface area is 90.7 Å². The normalized spacial score (nSPS) is 48.0. The van der Waals surface area contributed by atoms with Gasteiger partial charge in [-0.1, -0.05) is 22.6 Å². The van der Waals surface area contributed by atoms with Gasteiger partial charge in [0.25, 0.3) is 0 Å². The summed E-state index contributed by atoms with van der Waals surface area (Å²) in [5.74, 6) is -0.556. The van der Waals surface area contributed by atoms with Crippen LogP contribution in [0.15, 0.2) is 0 Å². The van der Waals surface area contributed by atoms with Crippen molar-refractivity contribution < 1.29 is 19.3 Å². The van der Waals surface area contributed by atoms with Crippen LogP contribution in [0.2, 0.25) is 0 Å². The van der Waals surface area contributed by atoms with Gasteiger partial charge in [0.15, 0.2) is 12.1 Å². The second-order valence-electron chi connectivity index (χ2n) is 3.77. The van der Waals surface area contributed by atoms with Crippen LogP contribution in [-0.2, 0) is 14.2 Å². The fraction of sp³-hybridized carbons (Fsp3) is 1.00. The zero-order valence-corrected chi connectivity index (χ0v) is 9.72. The SMILES string of the molecule is CC1(C)OC2OC(CO)C(I)C2O1. The summed E-state index contributed by atoms with van der Waals surface area (Å²) in [5, 5.41) is 8.98. The largest absolute Gasteiger partial charge is 0.394 e. The molecule has 0 amide bonds. The molecule has 0 spiro atoms. The topological polar surface area (TPSA) is 47.9 Å². The van der Waals surface area contributed by atoms with Crippen LogP contribution in [-0.4, -0.2) is 39.9 Å². The van der Waals surface area contributed by atoms with Crippen molar-refractivity contribution in [2.45, 2.75) is 42.1 Å². The maximum atomic E-state index is 8.98. The Hall–Kier alpha value is 0.570. The molecule has 76 valence electrons. The van der Waals surface area contributed by atoms with Crippen molar-refractivity contribution in [3.63, 3.8) is 0 Å². The molecule has 2 heterocycles. The number of aliphatic hydroxyl groups is 1. The fourth-order valence-electron chi connectivity index (χ4n) is 1.68. The van der Waals surface area contributed by atoms with E-state index in [2.05, 4.69) is 22.6 Å². The quantitative estimate of drug-likeness (QED) is 0.571. The average molecular weight is 300 g/mol. The first-order valence-corrected chi connectivity index (χ1v) is 5.54. The van der Waals surface area contributed by atoms with Gasteiger partial charge in [0.2, 0.25) is 0 Å². The number of rotatable bonds is 1. The van der Waals surface area contributed by atoms with Crippen molar-refractivity contribution in [3.05, 3.63) is 0 Å². The zero-order valence-electron chi connectivity index (χ0n) is 7.57. The molecule has 0 aromatic heterocycles. The molecule has 0 aromatic carbocycles. The lowest BCUT2D eigenvalue weighted by molar-refractivity contribution is -0.206. The Morgan fingerprint density at radius 2 is 2.08 bits per heavy atom. The van der Waals surface area contributed by atoms with Crippen LogP contribution in [0.1, 0.15) is 13.8 Å². The van der Waals surface area contributed by atoms with Crippen LogP contribution in [0.4, 0.5) is 0 Å². The van der Waals surface area contributed by atoms with Crippen molar-refractivity contribution in [1.29, 1.82) is 0 Å². The maximum absolute atomic E-state index is 8.98. The van der Waals surface area contributed by atoms with Gasteiger partial charge >= 0.3 is 0 Å². The van der Waals surface area contributed by atoms with Gasteiger partial charge in [0.1, 0.15) is 6.10 Å². The molecule has 13 heavy (non-hydrogen) atoms. The summed E-state index contributed by atoms with van der Waals surface area (Å²) in [5.41, 5.74) is 0. The molecule has 2 aliphatic heterocycles. The third-order valence-corrected chi connectivity index (χ3v) is 3.76. The molecular weight excluding hydrogens is 287 g/mol. The first-order chi connectivity index (χ1) is 6.03. The number of aliphatic hydroxyl groups excluding tert-OH is 1. The van der Waals surface area contributed by atoms with Gasteiger partial charge in [-0.05, 0) is 13.8 Å². The minimum atomic E-state index is -0.556. The van der Waals surface area contributed by atoms with E-state index in [0.29, 0.717) is 0 Å². The van der Waals surface area contributed by atoms with E-state index in [-0.39, 0.29) is 29.0 Å². The highest BCUT2D eigenvalue weighted by Crippen LogP contribution is 2.40. The van der Waals surface area contributed by atoms with E-state index in [9.17, 15) is 0 Å². The van der Waals surface area contributed by atoms with Crippen molar-refractivity contribution in [3.8, 4) is 0 Å². The number of hydrogen-bond acceptors (Lipinski definition) is 4. The van der Waals surface area contributed by atoms with Gasteiger partial charge in [0.05, 0.1) is 16.6 Å². The highest BCUT2D eigenvalue weighted by molar-refractivity contribution is 14.1. The molecular formula is C8H13IO4. The van der Waals surface area contributed by atoms with Gasteiger partial charge in [0, 0.05) is 0 Å². The Balaban J connectivity index is 2.07. The summed E-state index contributed by atoms with van der Waals surface area (Å²) in [6.07, 6.45) is -0.520. The summed E-state index contributed by atoms with van der Waals surface area (Å²) in [4.78, 5) is 0. The molecule has 4 atom stereocenters. The second-order valence-corrected chi connectivity index (χ2v) is 5.21. The molecule has 5 heteroatoms. The Kier molecular flexibility index (Phi) is 2.57. The smallest absolute Gasteiger partial charge is 0.188 e. The molecule has 2 saturated heterocycles. The number of hydrogen-bond donors (Lipinski definition) is 1. The molecule has 0 bridgehead atoms. The van der Waals surface area contributed by atoms with E-state index < -0.39 is 5.79 Å². The molecule has 4 nitrogen and oxygen atoms in total. The highest BCUT2D eigenvalue weighted by Gasteiger charge is 2.53. The summed E-state index contributed by atoms with van der Waals surface area (Å²) < 4.78 is 16.8. The third kappa shape index (κ3) is 1.72.